The topological polar surface area (TPSA) is 36.9 Å². The normalized spacial score (nSPS) is 24.3. The first-order valence-corrected chi connectivity index (χ1v) is 7.88. The van der Waals surface area contributed by atoms with Crippen LogP contribution in [0.2, 0.25) is 0 Å². The van der Waals surface area contributed by atoms with Gasteiger partial charge in [-0.1, -0.05) is 42.5 Å². The second-order valence-electron chi connectivity index (χ2n) is 5.96. The summed E-state index contributed by atoms with van der Waals surface area (Å²) in [6, 6.07) is 10.0. The Bertz CT molecular complexity index is 497. The van der Waals surface area contributed by atoms with Gasteiger partial charge in [-0.2, -0.15) is 0 Å². The molecule has 1 aromatic rings. The molecule has 2 rings (SSSR count). The zero-order valence-electron chi connectivity index (χ0n) is 13.9. The molecular weight excluding hydrogens is 292 g/mol. The first kappa shape index (κ1) is 17.9. The maximum atomic E-state index is 5.98. The Labute approximate surface area is 138 Å². The van der Waals surface area contributed by atoms with E-state index >= 15 is 0 Å². The van der Waals surface area contributed by atoms with Crippen LogP contribution in [0.25, 0.3) is 0 Å². The van der Waals surface area contributed by atoms with Gasteiger partial charge in [-0.15, -0.1) is 13.2 Å². The lowest BCUT2D eigenvalue weighted by Crippen LogP contribution is -2.40. The van der Waals surface area contributed by atoms with Crippen LogP contribution in [0.3, 0.4) is 0 Å². The number of benzene rings is 1. The van der Waals surface area contributed by atoms with Crippen molar-refractivity contribution in [3.05, 3.63) is 61.2 Å². The molecule has 23 heavy (non-hydrogen) atoms. The Morgan fingerprint density at radius 1 is 1.22 bits per heavy atom. The first-order valence-electron chi connectivity index (χ1n) is 7.88. The smallest absolute Gasteiger partial charge is 0.164 e. The lowest BCUT2D eigenvalue weighted by molar-refractivity contribution is -0.163. The molecule has 1 heterocycles. The summed E-state index contributed by atoms with van der Waals surface area (Å²) >= 11 is 0. The third-order valence-electron chi connectivity index (χ3n) is 3.58. The molecule has 4 heteroatoms. The van der Waals surface area contributed by atoms with Crippen LogP contribution >= 0.6 is 0 Å². The first-order chi connectivity index (χ1) is 11.1. The van der Waals surface area contributed by atoms with Crippen molar-refractivity contribution >= 4 is 0 Å². The molecule has 1 saturated heterocycles. The SMILES string of the molecule is C=CCO[C@H](COCc1ccccc1)[C@H]1OC(C)(C)O[C@H]1C=C. The molecular formula is C19H26O4. The third kappa shape index (κ3) is 5.29. The largest absolute Gasteiger partial charge is 0.374 e. The monoisotopic (exact) mass is 318 g/mol. The average Bonchev–Trinajstić information content (AvgIpc) is 2.86. The molecule has 0 saturated carbocycles. The van der Waals surface area contributed by atoms with E-state index in [1.165, 1.54) is 0 Å². The molecule has 0 N–H and O–H groups in total. The number of ether oxygens (including phenoxy) is 4. The molecule has 0 radical (unpaired) electrons. The van der Waals surface area contributed by atoms with Crippen molar-refractivity contribution in [2.45, 2.75) is 44.6 Å². The zero-order valence-corrected chi connectivity index (χ0v) is 13.9. The van der Waals surface area contributed by atoms with Crippen LogP contribution in [-0.2, 0) is 25.6 Å². The second kappa shape index (κ2) is 8.41. The fourth-order valence-electron chi connectivity index (χ4n) is 2.58. The van der Waals surface area contributed by atoms with Crippen LogP contribution in [0.1, 0.15) is 19.4 Å². The third-order valence-corrected chi connectivity index (χ3v) is 3.58. The van der Waals surface area contributed by atoms with Crippen molar-refractivity contribution < 1.29 is 18.9 Å². The molecule has 1 aliphatic rings. The van der Waals surface area contributed by atoms with Crippen LogP contribution in [0.5, 0.6) is 0 Å². The minimum Gasteiger partial charge on any atom is -0.374 e. The van der Waals surface area contributed by atoms with E-state index in [0.29, 0.717) is 19.8 Å². The summed E-state index contributed by atoms with van der Waals surface area (Å²) in [4.78, 5) is 0. The van der Waals surface area contributed by atoms with E-state index in [9.17, 15) is 0 Å². The second-order valence-corrected chi connectivity index (χ2v) is 5.96. The lowest BCUT2D eigenvalue weighted by Gasteiger charge is -2.25. The van der Waals surface area contributed by atoms with Gasteiger partial charge in [0.2, 0.25) is 0 Å². The van der Waals surface area contributed by atoms with E-state index in [0.717, 1.165) is 5.56 Å². The van der Waals surface area contributed by atoms with Gasteiger partial charge < -0.3 is 18.9 Å². The van der Waals surface area contributed by atoms with Crippen molar-refractivity contribution in [2.75, 3.05) is 13.2 Å². The highest BCUT2D eigenvalue weighted by Gasteiger charge is 2.44. The maximum absolute atomic E-state index is 5.98. The molecule has 126 valence electrons. The van der Waals surface area contributed by atoms with Crippen LogP contribution in [-0.4, -0.2) is 37.3 Å². The predicted molar refractivity (Wildman–Crippen MR) is 90.1 cm³/mol. The Morgan fingerprint density at radius 2 is 1.96 bits per heavy atom. The molecule has 0 aromatic heterocycles. The highest BCUT2D eigenvalue weighted by Crippen LogP contribution is 2.31. The zero-order chi connectivity index (χ0) is 16.7. The molecule has 4 nitrogen and oxygen atoms in total. The lowest BCUT2D eigenvalue weighted by atomic mass is 10.1. The molecule has 1 aromatic carbocycles. The van der Waals surface area contributed by atoms with Crippen molar-refractivity contribution in [1.82, 2.24) is 0 Å². The minimum absolute atomic E-state index is 0.222. The molecule has 0 aliphatic carbocycles. The molecule has 1 aliphatic heterocycles. The summed E-state index contributed by atoms with van der Waals surface area (Å²) in [7, 11) is 0. The predicted octanol–water partition coefficient (Wildman–Crippen LogP) is 3.48. The van der Waals surface area contributed by atoms with Gasteiger partial charge in [0.1, 0.15) is 18.3 Å². The van der Waals surface area contributed by atoms with Crippen molar-refractivity contribution in [2.24, 2.45) is 0 Å². The van der Waals surface area contributed by atoms with Crippen LogP contribution in [0, 0.1) is 0 Å². The Morgan fingerprint density at radius 3 is 2.61 bits per heavy atom. The maximum Gasteiger partial charge on any atom is 0.164 e. The Kier molecular flexibility index (Phi) is 6.54. The molecule has 0 unspecified atom stereocenters. The van der Waals surface area contributed by atoms with Gasteiger partial charge in [-0.25, -0.2) is 0 Å². The van der Waals surface area contributed by atoms with E-state index in [2.05, 4.69) is 13.2 Å². The summed E-state index contributed by atoms with van der Waals surface area (Å²) in [5, 5.41) is 0. The molecule has 1 fully saturated rings. The van der Waals surface area contributed by atoms with Crippen LogP contribution in [0.15, 0.2) is 55.6 Å². The van der Waals surface area contributed by atoms with Crippen LogP contribution in [0.4, 0.5) is 0 Å². The summed E-state index contributed by atoms with van der Waals surface area (Å²) < 4.78 is 23.5. The fraction of sp³-hybridized carbons (Fsp3) is 0.474. The van der Waals surface area contributed by atoms with Crippen molar-refractivity contribution in [1.29, 1.82) is 0 Å². The van der Waals surface area contributed by atoms with Crippen LogP contribution < -0.4 is 0 Å². The highest BCUT2D eigenvalue weighted by atomic mass is 16.8. The van der Waals surface area contributed by atoms with Gasteiger partial charge >= 0.3 is 0 Å². The van der Waals surface area contributed by atoms with Gasteiger partial charge in [0.15, 0.2) is 5.79 Å². The van der Waals surface area contributed by atoms with Crippen molar-refractivity contribution in [3.8, 4) is 0 Å². The molecule has 0 bridgehead atoms. The number of rotatable bonds is 9. The Hall–Kier alpha value is -1.46. The Balaban J connectivity index is 1.95. The van der Waals surface area contributed by atoms with Gasteiger partial charge in [0.25, 0.3) is 0 Å². The standard InChI is InChI=1S/C19H26O4/c1-5-12-21-17(14-20-13-15-10-8-7-9-11-15)18-16(6-2)22-19(3,4)23-18/h5-11,16-18H,1-2,12-14H2,3-4H3/t16-,17+,18-/m0/s1. The fourth-order valence-corrected chi connectivity index (χ4v) is 2.58. The average molecular weight is 318 g/mol. The number of hydrogen-bond donors (Lipinski definition) is 0. The molecule has 0 spiro atoms. The van der Waals surface area contributed by atoms with E-state index in [-0.39, 0.29) is 18.3 Å². The highest BCUT2D eigenvalue weighted by molar-refractivity contribution is 5.13. The summed E-state index contributed by atoms with van der Waals surface area (Å²) in [6.07, 6.45) is 2.74. The molecule has 0 amide bonds. The summed E-state index contributed by atoms with van der Waals surface area (Å²) in [6.45, 7) is 12.7. The van der Waals surface area contributed by atoms with E-state index in [1.807, 2.05) is 44.2 Å². The van der Waals surface area contributed by atoms with Gasteiger partial charge in [0, 0.05) is 0 Å². The number of hydrogen-bond acceptors (Lipinski definition) is 4. The van der Waals surface area contributed by atoms with E-state index < -0.39 is 5.79 Å². The summed E-state index contributed by atoms with van der Waals surface area (Å²) in [5.41, 5.74) is 1.12. The van der Waals surface area contributed by atoms with Gasteiger partial charge in [-0.3, -0.25) is 0 Å². The van der Waals surface area contributed by atoms with E-state index in [1.54, 1.807) is 12.2 Å². The summed E-state index contributed by atoms with van der Waals surface area (Å²) in [5.74, 6) is -0.654. The van der Waals surface area contributed by atoms with E-state index in [4.69, 9.17) is 18.9 Å². The van der Waals surface area contributed by atoms with Crippen molar-refractivity contribution in [3.63, 3.8) is 0 Å². The quantitative estimate of drug-likeness (QED) is 0.653. The molecule has 3 atom stereocenters. The minimum atomic E-state index is -0.654. The van der Waals surface area contributed by atoms with Gasteiger partial charge in [0.05, 0.1) is 19.8 Å². The van der Waals surface area contributed by atoms with Gasteiger partial charge in [-0.05, 0) is 19.4 Å².